The molecule has 1 fully saturated rings. The third-order valence-electron chi connectivity index (χ3n) is 4.12. The van der Waals surface area contributed by atoms with Gasteiger partial charge in [0.25, 0.3) is 0 Å². The summed E-state index contributed by atoms with van der Waals surface area (Å²) in [5.74, 6) is 0.00132. The van der Waals surface area contributed by atoms with Crippen molar-refractivity contribution >= 4 is 12.0 Å². The molecule has 0 saturated carbocycles. The predicted octanol–water partition coefficient (Wildman–Crippen LogP) is 2.24. The van der Waals surface area contributed by atoms with E-state index in [0.29, 0.717) is 26.2 Å². The lowest BCUT2D eigenvalue weighted by Crippen LogP contribution is -2.62. The highest BCUT2D eigenvalue weighted by atomic mass is 16.6. The molecule has 6 nitrogen and oxygen atoms in total. The Balaban J connectivity index is 1.74. The Morgan fingerprint density at radius 1 is 1.24 bits per heavy atom. The highest BCUT2D eigenvalue weighted by molar-refractivity contribution is 5.78. The normalized spacial score (nSPS) is 15.0. The van der Waals surface area contributed by atoms with Gasteiger partial charge >= 0.3 is 6.09 Å². The molecule has 1 aliphatic heterocycles. The largest absolute Gasteiger partial charge is 0.444 e. The number of benzene rings is 1. The molecule has 2 amide bonds. The Morgan fingerprint density at radius 2 is 1.88 bits per heavy atom. The minimum absolute atomic E-state index is 0.00132. The molecule has 0 bridgehead atoms. The minimum atomic E-state index is -0.482. The van der Waals surface area contributed by atoms with Gasteiger partial charge in [0.15, 0.2) is 0 Å². The molecule has 2 rings (SSSR count). The van der Waals surface area contributed by atoms with Crippen LogP contribution in [0.25, 0.3) is 0 Å². The molecule has 1 heterocycles. The maximum absolute atomic E-state index is 12.2. The van der Waals surface area contributed by atoms with E-state index in [2.05, 4.69) is 10.2 Å². The lowest BCUT2D eigenvalue weighted by Gasteiger charge is -2.44. The first-order valence-corrected chi connectivity index (χ1v) is 8.81. The SMILES string of the molecule is CCN(CC(=O)NCc1ccccc1)C1CN(C(=O)OC(C)(C)C)C1. The number of hydrogen-bond donors (Lipinski definition) is 1. The molecule has 1 aromatic rings. The van der Waals surface area contributed by atoms with E-state index in [0.717, 1.165) is 12.1 Å². The van der Waals surface area contributed by atoms with Gasteiger partial charge in [-0.3, -0.25) is 9.69 Å². The van der Waals surface area contributed by atoms with Crippen molar-refractivity contribution < 1.29 is 14.3 Å². The summed E-state index contributed by atoms with van der Waals surface area (Å²) in [6, 6.07) is 10.1. The van der Waals surface area contributed by atoms with Crippen LogP contribution < -0.4 is 5.32 Å². The second-order valence-corrected chi connectivity index (χ2v) is 7.36. The first kappa shape index (κ1) is 19.2. The number of rotatable bonds is 6. The van der Waals surface area contributed by atoms with Gasteiger partial charge in [-0.2, -0.15) is 0 Å². The zero-order valence-electron chi connectivity index (χ0n) is 15.6. The van der Waals surface area contributed by atoms with Gasteiger partial charge in [0.1, 0.15) is 5.60 Å². The molecule has 1 aliphatic rings. The minimum Gasteiger partial charge on any atom is -0.444 e. The molecule has 25 heavy (non-hydrogen) atoms. The molecule has 6 heteroatoms. The molecule has 0 spiro atoms. The van der Waals surface area contributed by atoms with Crippen LogP contribution in [0.5, 0.6) is 0 Å². The van der Waals surface area contributed by atoms with Crippen molar-refractivity contribution in [1.82, 2.24) is 15.1 Å². The molecule has 0 atom stereocenters. The number of nitrogens with one attached hydrogen (secondary N) is 1. The molecule has 1 aromatic carbocycles. The molecule has 0 aliphatic carbocycles. The number of nitrogens with zero attached hydrogens (tertiary/aromatic N) is 2. The topological polar surface area (TPSA) is 61.9 Å². The summed E-state index contributed by atoms with van der Waals surface area (Å²) in [5, 5.41) is 2.95. The van der Waals surface area contributed by atoms with Crippen LogP contribution in [0.4, 0.5) is 4.79 Å². The summed E-state index contributed by atoms with van der Waals surface area (Å²) in [6.07, 6.45) is -0.284. The first-order valence-electron chi connectivity index (χ1n) is 8.81. The van der Waals surface area contributed by atoms with Gasteiger partial charge in [-0.25, -0.2) is 4.79 Å². The average Bonchev–Trinajstić information content (AvgIpc) is 2.49. The van der Waals surface area contributed by atoms with Crippen molar-refractivity contribution in [3.8, 4) is 0 Å². The number of hydrogen-bond acceptors (Lipinski definition) is 4. The fraction of sp³-hybridized carbons (Fsp3) is 0.579. The van der Waals surface area contributed by atoms with Gasteiger partial charge in [0, 0.05) is 25.7 Å². The number of carbonyl (C=O) groups excluding carboxylic acids is 2. The molecular weight excluding hydrogens is 318 g/mol. The van der Waals surface area contributed by atoms with E-state index in [1.165, 1.54) is 0 Å². The average molecular weight is 347 g/mol. The van der Waals surface area contributed by atoms with Gasteiger partial charge in [-0.15, -0.1) is 0 Å². The van der Waals surface area contributed by atoms with Crippen molar-refractivity contribution in [1.29, 1.82) is 0 Å². The maximum atomic E-state index is 12.2. The van der Waals surface area contributed by atoms with Crippen LogP contribution in [0.3, 0.4) is 0 Å². The molecule has 1 N–H and O–H groups in total. The summed E-state index contributed by atoms with van der Waals surface area (Å²) >= 11 is 0. The fourth-order valence-corrected chi connectivity index (χ4v) is 2.70. The fourth-order valence-electron chi connectivity index (χ4n) is 2.70. The summed E-state index contributed by atoms with van der Waals surface area (Å²) in [7, 11) is 0. The highest BCUT2D eigenvalue weighted by Crippen LogP contribution is 2.18. The van der Waals surface area contributed by atoms with E-state index in [4.69, 9.17) is 4.74 Å². The molecular formula is C19H29N3O3. The molecule has 0 unspecified atom stereocenters. The van der Waals surface area contributed by atoms with E-state index >= 15 is 0 Å². The maximum Gasteiger partial charge on any atom is 0.410 e. The Kier molecular flexibility index (Phi) is 6.42. The summed E-state index contributed by atoms with van der Waals surface area (Å²) < 4.78 is 5.36. The van der Waals surface area contributed by atoms with Gasteiger partial charge in [-0.1, -0.05) is 37.3 Å². The zero-order chi connectivity index (χ0) is 18.4. The lowest BCUT2D eigenvalue weighted by atomic mass is 10.1. The van der Waals surface area contributed by atoms with E-state index in [1.54, 1.807) is 4.90 Å². The smallest absolute Gasteiger partial charge is 0.410 e. The second kappa shape index (κ2) is 8.34. The van der Waals surface area contributed by atoms with Crippen LogP contribution in [0.1, 0.15) is 33.3 Å². The second-order valence-electron chi connectivity index (χ2n) is 7.36. The summed E-state index contributed by atoms with van der Waals surface area (Å²) in [4.78, 5) is 27.9. The number of likely N-dealkylation sites (tertiary alicyclic amines) is 1. The third-order valence-corrected chi connectivity index (χ3v) is 4.12. The quantitative estimate of drug-likeness (QED) is 0.857. The Hall–Kier alpha value is -2.08. The van der Waals surface area contributed by atoms with Crippen molar-refractivity contribution in [2.75, 3.05) is 26.2 Å². The van der Waals surface area contributed by atoms with Gasteiger partial charge in [0.2, 0.25) is 5.91 Å². The number of carbonyl (C=O) groups is 2. The molecule has 1 saturated heterocycles. The van der Waals surface area contributed by atoms with E-state index in [9.17, 15) is 9.59 Å². The predicted molar refractivity (Wildman–Crippen MR) is 97.1 cm³/mol. The number of ether oxygens (including phenoxy) is 1. The van der Waals surface area contributed by atoms with E-state index in [1.807, 2.05) is 58.0 Å². The summed E-state index contributed by atoms with van der Waals surface area (Å²) in [6.45, 7) is 10.5. The Labute approximate surface area is 150 Å². The summed E-state index contributed by atoms with van der Waals surface area (Å²) in [5.41, 5.74) is 0.600. The van der Waals surface area contributed by atoms with Crippen LogP contribution >= 0.6 is 0 Å². The third kappa shape index (κ3) is 6.05. The first-order chi connectivity index (χ1) is 11.8. The van der Waals surface area contributed by atoms with Crippen LogP contribution in [0.15, 0.2) is 30.3 Å². The molecule has 0 radical (unpaired) electrons. The van der Waals surface area contributed by atoms with Gasteiger partial charge < -0.3 is 15.0 Å². The molecule has 138 valence electrons. The van der Waals surface area contributed by atoms with Crippen molar-refractivity contribution in [3.63, 3.8) is 0 Å². The molecule has 0 aromatic heterocycles. The van der Waals surface area contributed by atoms with Crippen LogP contribution in [0.2, 0.25) is 0 Å². The van der Waals surface area contributed by atoms with Crippen molar-refractivity contribution in [3.05, 3.63) is 35.9 Å². The van der Waals surface area contributed by atoms with Crippen LogP contribution in [-0.2, 0) is 16.1 Å². The van der Waals surface area contributed by atoms with Crippen molar-refractivity contribution in [2.24, 2.45) is 0 Å². The van der Waals surface area contributed by atoms with Crippen LogP contribution in [0, 0.1) is 0 Å². The van der Waals surface area contributed by atoms with E-state index < -0.39 is 5.60 Å². The van der Waals surface area contributed by atoms with Crippen LogP contribution in [-0.4, -0.2) is 59.6 Å². The van der Waals surface area contributed by atoms with E-state index in [-0.39, 0.29) is 18.0 Å². The monoisotopic (exact) mass is 347 g/mol. The Bertz CT molecular complexity index is 577. The number of likely N-dealkylation sites (N-methyl/N-ethyl adjacent to an activating group) is 1. The standard InChI is InChI=1S/C19H29N3O3/c1-5-21(14-17(23)20-11-15-9-7-6-8-10-15)16-12-22(13-16)18(24)25-19(2,3)4/h6-10,16H,5,11-14H2,1-4H3,(H,20,23). The van der Waals surface area contributed by atoms with Crippen molar-refractivity contribution in [2.45, 2.75) is 45.9 Å². The highest BCUT2D eigenvalue weighted by Gasteiger charge is 2.37. The lowest BCUT2D eigenvalue weighted by molar-refractivity contribution is -0.123. The van der Waals surface area contributed by atoms with Gasteiger partial charge in [0.05, 0.1) is 6.54 Å². The zero-order valence-corrected chi connectivity index (χ0v) is 15.6. The number of amides is 2. The Morgan fingerprint density at radius 3 is 2.44 bits per heavy atom. The van der Waals surface area contributed by atoms with Gasteiger partial charge in [-0.05, 0) is 32.9 Å².